The Kier molecular flexibility index (Phi) is 8.47. The van der Waals surface area contributed by atoms with Gasteiger partial charge in [-0.3, -0.25) is 4.79 Å². The van der Waals surface area contributed by atoms with Crippen LogP contribution in [0.4, 0.5) is 0 Å². The SMILES string of the molecule is CCC(C(=O)c1ccc(OCCN(C)CCP(C)(C)=O)cc1)c1ccccc1. The van der Waals surface area contributed by atoms with Gasteiger partial charge >= 0.3 is 0 Å². The lowest BCUT2D eigenvalue weighted by molar-refractivity contribution is 0.0957. The number of nitrogens with zero attached hydrogens (tertiary/aromatic N) is 1. The second-order valence-electron chi connectivity index (χ2n) is 7.71. The van der Waals surface area contributed by atoms with E-state index in [0.29, 0.717) is 12.2 Å². The standard InChI is InChI=1S/C23H32NO3P/c1-5-22(19-9-7-6-8-10-19)23(25)20-11-13-21(14-12-20)27-17-15-24(2)16-18-28(3,4)26/h6-14,22H,5,15-18H2,1-4H3. The van der Waals surface area contributed by atoms with Gasteiger partial charge in [-0.15, -0.1) is 0 Å². The summed E-state index contributed by atoms with van der Waals surface area (Å²) in [5.41, 5.74) is 1.77. The van der Waals surface area contributed by atoms with Crippen LogP contribution in [0.5, 0.6) is 5.75 Å². The Morgan fingerprint density at radius 3 is 2.25 bits per heavy atom. The van der Waals surface area contributed by atoms with Gasteiger partial charge in [-0.05, 0) is 56.6 Å². The predicted molar refractivity (Wildman–Crippen MR) is 118 cm³/mol. The van der Waals surface area contributed by atoms with Crippen molar-refractivity contribution < 1.29 is 14.1 Å². The van der Waals surface area contributed by atoms with Crippen LogP contribution in [0, 0.1) is 0 Å². The number of rotatable bonds is 11. The zero-order valence-corrected chi connectivity index (χ0v) is 18.3. The smallest absolute Gasteiger partial charge is 0.170 e. The van der Waals surface area contributed by atoms with E-state index >= 15 is 0 Å². The lowest BCUT2D eigenvalue weighted by Crippen LogP contribution is -2.27. The van der Waals surface area contributed by atoms with Crippen molar-refractivity contribution in [3.05, 3.63) is 65.7 Å². The van der Waals surface area contributed by atoms with E-state index in [0.717, 1.165) is 37.0 Å². The van der Waals surface area contributed by atoms with Crippen LogP contribution in [0.3, 0.4) is 0 Å². The molecule has 4 nitrogen and oxygen atoms in total. The van der Waals surface area contributed by atoms with Gasteiger partial charge in [0, 0.05) is 30.7 Å². The van der Waals surface area contributed by atoms with Crippen molar-refractivity contribution in [2.45, 2.75) is 19.3 Å². The van der Waals surface area contributed by atoms with Gasteiger partial charge in [0.05, 0.1) is 7.14 Å². The summed E-state index contributed by atoms with van der Waals surface area (Å²) in [6, 6.07) is 17.3. The Balaban J connectivity index is 1.87. The minimum Gasteiger partial charge on any atom is -0.492 e. The molecule has 0 aromatic heterocycles. The Bertz CT molecular complexity index is 783. The number of carbonyl (C=O) groups is 1. The third-order valence-corrected chi connectivity index (χ3v) is 6.10. The summed E-state index contributed by atoms with van der Waals surface area (Å²) in [7, 11) is 0.0366. The van der Waals surface area contributed by atoms with Crippen LogP contribution in [-0.2, 0) is 4.57 Å². The molecule has 0 spiro atoms. The second kappa shape index (κ2) is 10.6. The Hall–Kier alpha value is -1.90. The first-order valence-corrected chi connectivity index (χ1v) is 12.6. The maximum absolute atomic E-state index is 12.9. The van der Waals surface area contributed by atoms with Crippen LogP contribution in [0.2, 0.25) is 0 Å². The Morgan fingerprint density at radius 1 is 1.04 bits per heavy atom. The molecule has 0 bridgehead atoms. The van der Waals surface area contributed by atoms with Crippen molar-refractivity contribution in [2.75, 3.05) is 46.2 Å². The molecule has 152 valence electrons. The Morgan fingerprint density at radius 2 is 1.68 bits per heavy atom. The van der Waals surface area contributed by atoms with E-state index in [1.807, 2.05) is 81.9 Å². The molecule has 0 radical (unpaired) electrons. The molecule has 0 amide bonds. The lowest BCUT2D eigenvalue weighted by atomic mass is 9.89. The number of ketones is 1. The summed E-state index contributed by atoms with van der Waals surface area (Å²) in [5, 5.41) is 0. The molecule has 0 saturated carbocycles. The van der Waals surface area contributed by atoms with E-state index in [-0.39, 0.29) is 11.7 Å². The Labute approximate surface area is 169 Å². The van der Waals surface area contributed by atoms with E-state index < -0.39 is 7.14 Å². The van der Waals surface area contributed by atoms with E-state index in [1.54, 1.807) is 0 Å². The fraction of sp³-hybridized carbons (Fsp3) is 0.435. The molecule has 0 aliphatic heterocycles. The summed E-state index contributed by atoms with van der Waals surface area (Å²) in [4.78, 5) is 15.0. The number of benzene rings is 2. The molecule has 0 heterocycles. The largest absolute Gasteiger partial charge is 0.492 e. The monoisotopic (exact) mass is 401 g/mol. The van der Waals surface area contributed by atoms with E-state index in [2.05, 4.69) is 4.90 Å². The highest BCUT2D eigenvalue weighted by molar-refractivity contribution is 7.62. The highest BCUT2D eigenvalue weighted by atomic mass is 31.2. The zero-order chi connectivity index (χ0) is 20.6. The summed E-state index contributed by atoms with van der Waals surface area (Å²) in [5.74, 6) is 0.785. The van der Waals surface area contributed by atoms with Crippen LogP contribution in [0.25, 0.3) is 0 Å². The lowest BCUT2D eigenvalue weighted by Gasteiger charge is -2.18. The highest BCUT2D eigenvalue weighted by Gasteiger charge is 2.20. The topological polar surface area (TPSA) is 46.6 Å². The third kappa shape index (κ3) is 7.26. The molecule has 0 aliphatic rings. The average Bonchev–Trinajstić information content (AvgIpc) is 2.68. The molecule has 0 fully saturated rings. The molecule has 2 aromatic carbocycles. The van der Waals surface area contributed by atoms with Crippen LogP contribution in [0.15, 0.2) is 54.6 Å². The van der Waals surface area contributed by atoms with E-state index in [9.17, 15) is 9.36 Å². The number of Topliss-reactive ketones (excluding diaryl/α,β-unsaturated/α-hetero) is 1. The summed E-state index contributed by atoms with van der Waals surface area (Å²) in [6.45, 7) is 7.82. The average molecular weight is 401 g/mol. The van der Waals surface area contributed by atoms with Gasteiger partial charge in [0.15, 0.2) is 5.78 Å². The molecule has 1 unspecified atom stereocenters. The molecule has 2 aromatic rings. The summed E-state index contributed by atoms with van der Waals surface area (Å²) >= 11 is 0. The maximum atomic E-state index is 12.9. The van der Waals surface area contributed by atoms with Crippen molar-refractivity contribution in [3.8, 4) is 5.75 Å². The minimum absolute atomic E-state index is 0.116. The summed E-state index contributed by atoms with van der Waals surface area (Å²) in [6.07, 6.45) is 1.50. The molecule has 28 heavy (non-hydrogen) atoms. The second-order valence-corrected chi connectivity index (χ2v) is 11.3. The first-order chi connectivity index (χ1) is 13.3. The molecule has 0 N–H and O–H groups in total. The van der Waals surface area contributed by atoms with Gasteiger partial charge in [0.2, 0.25) is 0 Å². The van der Waals surface area contributed by atoms with Crippen molar-refractivity contribution in [1.29, 1.82) is 0 Å². The normalized spacial score (nSPS) is 12.8. The van der Waals surface area contributed by atoms with Gasteiger partial charge in [-0.25, -0.2) is 0 Å². The first-order valence-electron chi connectivity index (χ1n) is 9.84. The quantitative estimate of drug-likeness (QED) is 0.393. The molecule has 0 aliphatic carbocycles. The molecule has 1 atom stereocenters. The summed E-state index contributed by atoms with van der Waals surface area (Å²) < 4.78 is 17.6. The van der Waals surface area contributed by atoms with Crippen molar-refractivity contribution in [1.82, 2.24) is 4.90 Å². The first kappa shape index (κ1) is 22.4. The molecule has 5 heteroatoms. The van der Waals surface area contributed by atoms with Crippen molar-refractivity contribution >= 4 is 12.9 Å². The number of ether oxygens (including phenoxy) is 1. The predicted octanol–water partition coefficient (Wildman–Crippen LogP) is 5.00. The number of likely N-dealkylation sites (N-methyl/N-ethyl adjacent to an activating group) is 1. The third-order valence-electron chi connectivity index (χ3n) is 4.83. The van der Waals surface area contributed by atoms with Crippen molar-refractivity contribution in [2.24, 2.45) is 0 Å². The number of carbonyl (C=O) groups excluding carboxylic acids is 1. The van der Waals surface area contributed by atoms with Gasteiger partial charge in [-0.2, -0.15) is 0 Å². The van der Waals surface area contributed by atoms with Crippen LogP contribution >= 0.6 is 7.14 Å². The van der Waals surface area contributed by atoms with E-state index in [4.69, 9.17) is 4.74 Å². The van der Waals surface area contributed by atoms with Crippen molar-refractivity contribution in [3.63, 3.8) is 0 Å². The van der Waals surface area contributed by atoms with E-state index in [1.165, 1.54) is 0 Å². The van der Waals surface area contributed by atoms with Crippen LogP contribution in [0.1, 0.15) is 35.2 Å². The fourth-order valence-corrected chi connectivity index (χ4v) is 3.84. The molecule has 0 saturated heterocycles. The number of hydrogen-bond acceptors (Lipinski definition) is 4. The van der Waals surface area contributed by atoms with Gasteiger partial charge in [-0.1, -0.05) is 37.3 Å². The maximum Gasteiger partial charge on any atom is 0.170 e. The van der Waals surface area contributed by atoms with Gasteiger partial charge < -0.3 is 14.2 Å². The van der Waals surface area contributed by atoms with Gasteiger partial charge in [0.1, 0.15) is 12.4 Å². The highest BCUT2D eigenvalue weighted by Crippen LogP contribution is 2.34. The van der Waals surface area contributed by atoms with Crippen LogP contribution < -0.4 is 4.74 Å². The van der Waals surface area contributed by atoms with Crippen LogP contribution in [-0.4, -0.2) is 56.9 Å². The molecular weight excluding hydrogens is 369 g/mol. The van der Waals surface area contributed by atoms with Gasteiger partial charge in [0.25, 0.3) is 0 Å². The minimum atomic E-state index is -1.97. The fourth-order valence-electron chi connectivity index (χ4n) is 3.02. The molecular formula is C23H32NO3P. The molecule has 2 rings (SSSR count). The number of hydrogen-bond donors (Lipinski definition) is 0. The zero-order valence-electron chi connectivity index (χ0n) is 17.4.